The first-order valence-electron chi connectivity index (χ1n) is 9.50. The molecule has 0 saturated carbocycles. The summed E-state index contributed by atoms with van der Waals surface area (Å²) in [6.45, 7) is 1.27. The minimum atomic E-state index is -4.91. The molecule has 4 aromatic rings. The van der Waals surface area contributed by atoms with Gasteiger partial charge in [0.25, 0.3) is 5.91 Å². The Hall–Kier alpha value is -4.22. The second kappa shape index (κ2) is 8.37. The molecule has 0 fully saturated rings. The van der Waals surface area contributed by atoms with Gasteiger partial charge in [-0.3, -0.25) is 9.78 Å². The fourth-order valence-corrected chi connectivity index (χ4v) is 3.15. The maximum Gasteiger partial charge on any atom is 0.573 e. The number of aromatic nitrogens is 4. The zero-order valence-corrected chi connectivity index (χ0v) is 17.0. The van der Waals surface area contributed by atoms with Crippen LogP contribution in [0.5, 0.6) is 5.75 Å². The van der Waals surface area contributed by atoms with Crippen LogP contribution in [-0.4, -0.2) is 31.9 Å². The fraction of sp³-hybridized carbons (Fsp3) is 0.143. The molecule has 170 valence electrons. The summed E-state index contributed by atoms with van der Waals surface area (Å²) >= 11 is 0. The molecule has 12 heteroatoms. The standard InChI is InChI=1S/C21H16F4N6O2/c1-11-16(7-13(9-27-11)12-4-5-31-18(8-12)29-20(26)30-31)19(32)28-10-14-6-15(2-3-17(14)22)33-21(23,24)25/h2-9H,10H2,1H3,(H2,26,30)(H,28,32). The number of ether oxygens (including phenoxy) is 1. The third-order valence-electron chi connectivity index (χ3n) is 4.71. The predicted octanol–water partition coefficient (Wildman–Crippen LogP) is 3.65. The van der Waals surface area contributed by atoms with Gasteiger partial charge in [-0.05, 0) is 48.9 Å². The Labute approximate surface area is 184 Å². The molecule has 0 spiro atoms. The molecule has 0 aliphatic rings. The first-order valence-corrected chi connectivity index (χ1v) is 9.50. The maximum atomic E-state index is 14.0. The number of rotatable bonds is 5. The van der Waals surface area contributed by atoms with Crippen LogP contribution in [0, 0.1) is 12.7 Å². The van der Waals surface area contributed by atoms with E-state index in [4.69, 9.17) is 5.73 Å². The van der Waals surface area contributed by atoms with Gasteiger partial charge in [0.15, 0.2) is 5.65 Å². The van der Waals surface area contributed by atoms with E-state index in [0.29, 0.717) is 22.5 Å². The van der Waals surface area contributed by atoms with Crippen LogP contribution < -0.4 is 15.8 Å². The van der Waals surface area contributed by atoms with Crippen molar-refractivity contribution in [2.24, 2.45) is 0 Å². The zero-order chi connectivity index (χ0) is 23.8. The fourth-order valence-electron chi connectivity index (χ4n) is 3.15. The molecule has 0 radical (unpaired) electrons. The second-order valence-corrected chi connectivity index (χ2v) is 7.03. The second-order valence-electron chi connectivity index (χ2n) is 7.03. The van der Waals surface area contributed by atoms with Crippen molar-refractivity contribution in [1.82, 2.24) is 24.9 Å². The van der Waals surface area contributed by atoms with Gasteiger partial charge in [0.1, 0.15) is 11.6 Å². The third kappa shape index (κ3) is 5.00. The number of halogens is 4. The lowest BCUT2D eigenvalue weighted by molar-refractivity contribution is -0.274. The average Bonchev–Trinajstić information content (AvgIpc) is 3.12. The van der Waals surface area contributed by atoms with E-state index in [0.717, 1.165) is 18.2 Å². The first kappa shape index (κ1) is 22.0. The van der Waals surface area contributed by atoms with Crippen molar-refractivity contribution in [3.8, 4) is 16.9 Å². The predicted molar refractivity (Wildman–Crippen MR) is 110 cm³/mol. The van der Waals surface area contributed by atoms with Gasteiger partial charge in [0, 0.05) is 30.1 Å². The summed E-state index contributed by atoms with van der Waals surface area (Å²) in [5.41, 5.74) is 7.89. The van der Waals surface area contributed by atoms with Gasteiger partial charge in [-0.2, -0.15) is 4.98 Å². The molecule has 3 heterocycles. The largest absolute Gasteiger partial charge is 0.573 e. The molecule has 1 aromatic carbocycles. The van der Waals surface area contributed by atoms with Gasteiger partial charge in [0.05, 0.1) is 11.3 Å². The van der Waals surface area contributed by atoms with E-state index in [-0.39, 0.29) is 23.6 Å². The number of benzene rings is 1. The van der Waals surface area contributed by atoms with Crippen molar-refractivity contribution < 1.29 is 27.1 Å². The molecule has 0 saturated heterocycles. The highest BCUT2D eigenvalue weighted by atomic mass is 19.4. The van der Waals surface area contributed by atoms with Crippen LogP contribution in [0.15, 0.2) is 48.8 Å². The number of nitrogen functional groups attached to an aromatic ring is 1. The molecule has 33 heavy (non-hydrogen) atoms. The molecule has 4 rings (SSSR count). The lowest BCUT2D eigenvalue weighted by atomic mass is 10.0. The van der Waals surface area contributed by atoms with E-state index >= 15 is 0 Å². The molecule has 0 aliphatic carbocycles. The van der Waals surface area contributed by atoms with Crippen LogP contribution in [-0.2, 0) is 6.54 Å². The van der Waals surface area contributed by atoms with Gasteiger partial charge in [0.2, 0.25) is 5.95 Å². The Morgan fingerprint density at radius 1 is 1.18 bits per heavy atom. The molecule has 1 amide bonds. The SMILES string of the molecule is Cc1ncc(-c2ccn3nc(N)nc3c2)cc1C(=O)NCc1cc(OC(F)(F)F)ccc1F. The average molecular weight is 460 g/mol. The summed E-state index contributed by atoms with van der Waals surface area (Å²) in [5.74, 6) is -1.82. The lowest BCUT2D eigenvalue weighted by Gasteiger charge is -2.12. The number of hydrogen-bond acceptors (Lipinski definition) is 6. The van der Waals surface area contributed by atoms with Crippen LogP contribution in [0.25, 0.3) is 16.8 Å². The molecular weight excluding hydrogens is 444 g/mol. The van der Waals surface area contributed by atoms with E-state index in [1.807, 2.05) is 0 Å². The summed E-state index contributed by atoms with van der Waals surface area (Å²) in [7, 11) is 0. The van der Waals surface area contributed by atoms with Crippen molar-refractivity contribution in [1.29, 1.82) is 0 Å². The Kier molecular flexibility index (Phi) is 5.58. The van der Waals surface area contributed by atoms with Gasteiger partial charge in [-0.1, -0.05) is 0 Å². The molecule has 0 unspecified atom stereocenters. The number of carbonyl (C=O) groups excluding carboxylic acids is 1. The van der Waals surface area contributed by atoms with Crippen LogP contribution in [0.4, 0.5) is 23.5 Å². The van der Waals surface area contributed by atoms with Crippen LogP contribution >= 0.6 is 0 Å². The zero-order valence-electron chi connectivity index (χ0n) is 17.0. The van der Waals surface area contributed by atoms with Crippen LogP contribution in [0.3, 0.4) is 0 Å². The normalized spacial score (nSPS) is 11.5. The molecular formula is C21H16F4N6O2. The van der Waals surface area contributed by atoms with Crippen molar-refractivity contribution in [3.05, 3.63) is 71.4 Å². The summed E-state index contributed by atoms with van der Waals surface area (Å²) in [5, 5.41) is 6.50. The van der Waals surface area contributed by atoms with E-state index in [1.165, 1.54) is 4.52 Å². The Bertz CT molecular complexity index is 1350. The number of nitrogens with one attached hydrogen (secondary N) is 1. The monoisotopic (exact) mass is 460 g/mol. The quantitative estimate of drug-likeness (QED) is 0.441. The highest BCUT2D eigenvalue weighted by Crippen LogP contribution is 2.25. The summed E-state index contributed by atoms with van der Waals surface area (Å²) in [6, 6.07) is 7.64. The Balaban J connectivity index is 1.54. The number of nitrogens with two attached hydrogens (primary N) is 1. The number of anilines is 1. The number of fused-ring (bicyclic) bond motifs is 1. The highest BCUT2D eigenvalue weighted by Gasteiger charge is 2.31. The third-order valence-corrected chi connectivity index (χ3v) is 4.71. The van der Waals surface area contributed by atoms with Crippen molar-refractivity contribution >= 4 is 17.5 Å². The lowest BCUT2D eigenvalue weighted by Crippen LogP contribution is -2.24. The van der Waals surface area contributed by atoms with Crippen LogP contribution in [0.1, 0.15) is 21.6 Å². The van der Waals surface area contributed by atoms with E-state index in [1.54, 1.807) is 37.5 Å². The number of pyridine rings is 2. The molecule has 0 atom stereocenters. The summed E-state index contributed by atoms with van der Waals surface area (Å²) < 4.78 is 56.6. The number of nitrogens with zero attached hydrogens (tertiary/aromatic N) is 4. The van der Waals surface area contributed by atoms with Crippen molar-refractivity contribution in [2.75, 3.05) is 5.73 Å². The van der Waals surface area contributed by atoms with Gasteiger partial charge in [-0.25, -0.2) is 8.91 Å². The minimum absolute atomic E-state index is 0.117. The molecule has 3 N–H and O–H groups in total. The minimum Gasteiger partial charge on any atom is -0.406 e. The molecule has 8 nitrogen and oxygen atoms in total. The van der Waals surface area contributed by atoms with E-state index in [9.17, 15) is 22.4 Å². The smallest absolute Gasteiger partial charge is 0.406 e. The highest BCUT2D eigenvalue weighted by molar-refractivity contribution is 5.96. The molecule has 3 aromatic heterocycles. The van der Waals surface area contributed by atoms with E-state index < -0.39 is 23.8 Å². The maximum absolute atomic E-state index is 14.0. The first-order chi connectivity index (χ1) is 15.6. The molecule has 0 aliphatic heterocycles. The number of amides is 1. The van der Waals surface area contributed by atoms with Crippen molar-refractivity contribution in [3.63, 3.8) is 0 Å². The number of aryl methyl sites for hydroxylation is 1. The number of carbonyl (C=O) groups is 1. The Morgan fingerprint density at radius 3 is 2.73 bits per heavy atom. The van der Waals surface area contributed by atoms with Crippen LogP contribution in [0.2, 0.25) is 0 Å². The van der Waals surface area contributed by atoms with Gasteiger partial charge < -0.3 is 15.8 Å². The Morgan fingerprint density at radius 2 is 1.97 bits per heavy atom. The number of hydrogen-bond donors (Lipinski definition) is 2. The summed E-state index contributed by atoms with van der Waals surface area (Å²) in [4.78, 5) is 21.1. The summed E-state index contributed by atoms with van der Waals surface area (Å²) in [6.07, 6.45) is -1.68. The van der Waals surface area contributed by atoms with Gasteiger partial charge in [-0.15, -0.1) is 18.3 Å². The molecule has 0 bridgehead atoms. The topological polar surface area (TPSA) is 107 Å². The van der Waals surface area contributed by atoms with E-state index in [2.05, 4.69) is 25.1 Å². The number of alkyl halides is 3. The van der Waals surface area contributed by atoms with Gasteiger partial charge >= 0.3 is 6.36 Å². The van der Waals surface area contributed by atoms with Crippen molar-refractivity contribution in [2.45, 2.75) is 19.8 Å².